The summed E-state index contributed by atoms with van der Waals surface area (Å²) in [5.74, 6) is 0. The first-order chi connectivity index (χ1) is 6.30. The molecule has 0 saturated heterocycles. The number of rotatable bonds is 2. The number of aromatic nitrogens is 2. The van der Waals surface area contributed by atoms with E-state index in [0.29, 0.717) is 10.2 Å². The molecule has 0 aliphatic carbocycles. The van der Waals surface area contributed by atoms with Gasteiger partial charge in [0.05, 0.1) is 16.7 Å². The second-order valence-corrected chi connectivity index (χ2v) is 3.70. The molecule has 1 rings (SSSR count). The summed E-state index contributed by atoms with van der Waals surface area (Å²) >= 11 is 3.11. The molecule has 1 N–H and O–H groups in total. The molecular weight excluding hydrogens is 265 g/mol. The average molecular weight is 273 g/mol. The molecule has 1 unspecified atom stereocenters. The van der Waals surface area contributed by atoms with Gasteiger partial charge in [-0.2, -0.15) is 18.3 Å². The highest BCUT2D eigenvalue weighted by atomic mass is 79.9. The van der Waals surface area contributed by atoms with E-state index in [-0.39, 0.29) is 0 Å². The van der Waals surface area contributed by atoms with Crippen molar-refractivity contribution < 1.29 is 18.3 Å². The Morgan fingerprint density at radius 3 is 2.57 bits per heavy atom. The minimum Gasteiger partial charge on any atom is -0.382 e. The predicted octanol–water partition coefficient (Wildman–Crippen LogP) is 1.88. The monoisotopic (exact) mass is 272 g/mol. The lowest BCUT2D eigenvalue weighted by Gasteiger charge is -2.13. The minimum absolute atomic E-state index is 0.583. The van der Waals surface area contributed by atoms with Crippen LogP contribution in [0.1, 0.15) is 5.69 Å². The normalized spacial score (nSPS) is 14.4. The molecule has 0 aromatic carbocycles. The Bertz CT molecular complexity index is 304. The number of aliphatic hydroxyl groups excluding tert-OH is 1. The maximum absolute atomic E-state index is 11.9. The van der Waals surface area contributed by atoms with Crippen LogP contribution in [-0.4, -0.2) is 27.2 Å². The number of alkyl halides is 3. The Morgan fingerprint density at radius 1 is 1.64 bits per heavy atom. The smallest absolute Gasteiger partial charge is 0.382 e. The largest absolute Gasteiger partial charge is 0.416 e. The van der Waals surface area contributed by atoms with E-state index < -0.39 is 18.8 Å². The van der Waals surface area contributed by atoms with Crippen LogP contribution in [-0.2, 0) is 6.54 Å². The van der Waals surface area contributed by atoms with Gasteiger partial charge < -0.3 is 5.11 Å². The molecule has 1 atom stereocenters. The zero-order chi connectivity index (χ0) is 10.9. The number of aryl methyl sites for hydroxylation is 1. The molecule has 0 aliphatic heterocycles. The van der Waals surface area contributed by atoms with Crippen LogP contribution < -0.4 is 0 Å². The highest BCUT2D eigenvalue weighted by molar-refractivity contribution is 9.10. The van der Waals surface area contributed by atoms with Crippen LogP contribution in [0.2, 0.25) is 0 Å². The van der Waals surface area contributed by atoms with Crippen molar-refractivity contribution in [3.05, 3.63) is 16.4 Å². The van der Waals surface area contributed by atoms with Crippen molar-refractivity contribution in [2.75, 3.05) is 0 Å². The van der Waals surface area contributed by atoms with Gasteiger partial charge in [-0.05, 0) is 22.9 Å². The first kappa shape index (κ1) is 11.5. The Morgan fingerprint density at radius 2 is 2.21 bits per heavy atom. The zero-order valence-corrected chi connectivity index (χ0v) is 8.80. The number of nitrogens with zero attached hydrogens (tertiary/aromatic N) is 2. The maximum atomic E-state index is 11.9. The summed E-state index contributed by atoms with van der Waals surface area (Å²) in [5.41, 5.74) is 0.583. The lowest BCUT2D eigenvalue weighted by molar-refractivity contribution is -0.208. The third-order valence-electron chi connectivity index (χ3n) is 1.62. The Balaban J connectivity index is 2.70. The van der Waals surface area contributed by atoms with Crippen LogP contribution in [0.3, 0.4) is 0 Å². The van der Waals surface area contributed by atoms with Crippen molar-refractivity contribution in [1.29, 1.82) is 0 Å². The van der Waals surface area contributed by atoms with Gasteiger partial charge in [0, 0.05) is 6.20 Å². The van der Waals surface area contributed by atoms with Gasteiger partial charge in [0.1, 0.15) is 0 Å². The van der Waals surface area contributed by atoms with Gasteiger partial charge in [-0.25, -0.2) is 0 Å². The van der Waals surface area contributed by atoms with Crippen LogP contribution in [0.5, 0.6) is 0 Å². The van der Waals surface area contributed by atoms with Crippen molar-refractivity contribution in [3.8, 4) is 0 Å². The number of hydrogen-bond acceptors (Lipinski definition) is 2. The van der Waals surface area contributed by atoms with Crippen LogP contribution in [0.15, 0.2) is 10.7 Å². The van der Waals surface area contributed by atoms with Crippen LogP contribution in [0, 0.1) is 6.92 Å². The molecule has 0 spiro atoms. The quantitative estimate of drug-likeness (QED) is 0.893. The van der Waals surface area contributed by atoms with Crippen LogP contribution in [0.25, 0.3) is 0 Å². The Kier molecular flexibility index (Phi) is 3.20. The molecule has 7 heteroatoms. The first-order valence-electron chi connectivity index (χ1n) is 3.75. The van der Waals surface area contributed by atoms with Gasteiger partial charge in [-0.3, -0.25) is 4.68 Å². The van der Waals surface area contributed by atoms with Crippen molar-refractivity contribution in [2.24, 2.45) is 0 Å². The van der Waals surface area contributed by atoms with E-state index in [0.717, 1.165) is 4.68 Å². The van der Waals surface area contributed by atoms with Gasteiger partial charge in [-0.1, -0.05) is 0 Å². The average Bonchev–Trinajstić information content (AvgIpc) is 2.29. The second-order valence-electron chi connectivity index (χ2n) is 2.84. The molecule has 1 heterocycles. The van der Waals surface area contributed by atoms with E-state index >= 15 is 0 Å². The molecule has 14 heavy (non-hydrogen) atoms. The molecule has 0 radical (unpaired) electrons. The highest BCUT2D eigenvalue weighted by Gasteiger charge is 2.38. The van der Waals surface area contributed by atoms with Crippen molar-refractivity contribution >= 4 is 15.9 Å². The molecule has 3 nitrogen and oxygen atoms in total. The van der Waals surface area contributed by atoms with Gasteiger partial charge >= 0.3 is 6.18 Å². The summed E-state index contributed by atoms with van der Waals surface area (Å²) in [7, 11) is 0. The number of aliphatic hydroxyl groups is 1. The third kappa shape index (κ3) is 2.71. The molecule has 80 valence electrons. The number of hydrogen-bond donors (Lipinski definition) is 1. The Hall–Kier alpha value is -0.560. The molecule has 0 saturated carbocycles. The Labute approximate surface area is 86.7 Å². The summed E-state index contributed by atoms with van der Waals surface area (Å²) < 4.78 is 37.5. The summed E-state index contributed by atoms with van der Waals surface area (Å²) in [6.45, 7) is 1.07. The first-order valence-corrected chi connectivity index (χ1v) is 4.54. The van der Waals surface area contributed by atoms with Crippen LogP contribution >= 0.6 is 15.9 Å². The zero-order valence-electron chi connectivity index (χ0n) is 7.22. The second kappa shape index (κ2) is 3.90. The summed E-state index contributed by atoms with van der Waals surface area (Å²) in [5, 5.41) is 12.5. The lowest BCUT2D eigenvalue weighted by Crippen LogP contribution is -2.32. The van der Waals surface area contributed by atoms with E-state index in [9.17, 15) is 13.2 Å². The SMILES string of the molecule is Cc1nn(CC(O)C(F)(F)F)cc1Br. The van der Waals surface area contributed by atoms with Crippen molar-refractivity contribution in [1.82, 2.24) is 9.78 Å². The topological polar surface area (TPSA) is 38.0 Å². The fraction of sp³-hybridized carbons (Fsp3) is 0.571. The molecule has 0 bridgehead atoms. The van der Waals surface area contributed by atoms with E-state index in [1.165, 1.54) is 6.20 Å². The predicted molar refractivity (Wildman–Crippen MR) is 46.7 cm³/mol. The minimum atomic E-state index is -4.60. The fourth-order valence-corrected chi connectivity index (χ4v) is 1.18. The van der Waals surface area contributed by atoms with E-state index in [2.05, 4.69) is 21.0 Å². The van der Waals surface area contributed by atoms with Crippen molar-refractivity contribution in [2.45, 2.75) is 25.7 Å². The molecule has 0 aliphatic rings. The third-order valence-corrected chi connectivity index (χ3v) is 2.40. The van der Waals surface area contributed by atoms with E-state index in [1.807, 2.05) is 0 Å². The molecule has 1 aromatic heterocycles. The maximum Gasteiger partial charge on any atom is 0.416 e. The number of halogens is 4. The molecule has 0 fully saturated rings. The van der Waals surface area contributed by atoms with Gasteiger partial charge in [0.15, 0.2) is 6.10 Å². The van der Waals surface area contributed by atoms with Crippen LogP contribution in [0.4, 0.5) is 13.2 Å². The standard InChI is InChI=1S/C7H8BrF3N2O/c1-4-5(8)2-13(12-4)3-6(14)7(9,10)11/h2,6,14H,3H2,1H3. The highest BCUT2D eigenvalue weighted by Crippen LogP contribution is 2.22. The summed E-state index contributed by atoms with van der Waals surface area (Å²) in [6, 6.07) is 0. The fourth-order valence-electron chi connectivity index (χ4n) is 0.868. The van der Waals surface area contributed by atoms with Gasteiger partial charge in [0.25, 0.3) is 0 Å². The van der Waals surface area contributed by atoms with Gasteiger partial charge in [-0.15, -0.1) is 0 Å². The molecule has 0 amide bonds. The van der Waals surface area contributed by atoms with E-state index in [4.69, 9.17) is 5.11 Å². The van der Waals surface area contributed by atoms with Crippen molar-refractivity contribution in [3.63, 3.8) is 0 Å². The van der Waals surface area contributed by atoms with Gasteiger partial charge in [0.2, 0.25) is 0 Å². The lowest BCUT2D eigenvalue weighted by atomic mass is 10.3. The summed E-state index contributed by atoms with van der Waals surface area (Å²) in [4.78, 5) is 0. The molecule has 1 aromatic rings. The summed E-state index contributed by atoms with van der Waals surface area (Å²) in [6.07, 6.45) is -5.59. The van der Waals surface area contributed by atoms with E-state index in [1.54, 1.807) is 6.92 Å². The molecular formula is C7H8BrF3N2O.